The minimum Gasteiger partial charge on any atom is -0.336 e. The summed E-state index contributed by atoms with van der Waals surface area (Å²) in [5.41, 5.74) is 0.534. The summed E-state index contributed by atoms with van der Waals surface area (Å²) in [5.74, 6) is 0.349. The Hall–Kier alpha value is -0.940. The van der Waals surface area contributed by atoms with Crippen LogP contribution in [0.5, 0.6) is 0 Å². The van der Waals surface area contributed by atoms with Crippen LogP contribution in [0.1, 0.15) is 30.6 Å². The van der Waals surface area contributed by atoms with Gasteiger partial charge in [0.25, 0.3) is 5.91 Å². The molecule has 1 amide bonds. The van der Waals surface area contributed by atoms with Gasteiger partial charge in [-0.3, -0.25) is 9.69 Å². The normalized spacial score (nSPS) is 16.5. The van der Waals surface area contributed by atoms with E-state index >= 15 is 0 Å². The summed E-state index contributed by atoms with van der Waals surface area (Å²) in [4.78, 5) is 16.7. The Balaban J connectivity index is 1.91. The number of piperazine rings is 1. The predicted octanol–water partition coefficient (Wildman–Crippen LogP) is 3.39. The molecule has 5 heteroatoms. The number of amides is 1. The number of carbonyl (C=O) groups excluding carboxylic acids is 1. The number of hydrogen-bond donors (Lipinski definition) is 0. The number of hydrogen-bond acceptors (Lipinski definition) is 2. The summed E-state index contributed by atoms with van der Waals surface area (Å²) < 4.78 is 13.6. The van der Waals surface area contributed by atoms with E-state index in [0.29, 0.717) is 16.0 Å². The molecule has 0 bridgehead atoms. The Bertz CT molecular complexity index is 499. The van der Waals surface area contributed by atoms with Gasteiger partial charge in [0.1, 0.15) is 5.82 Å². The number of rotatable bonds is 4. The van der Waals surface area contributed by atoms with Crippen molar-refractivity contribution in [1.29, 1.82) is 0 Å². The maximum absolute atomic E-state index is 13.1. The Labute approximate surface area is 134 Å². The fraction of sp³-hybridized carbons (Fsp3) is 0.562. The van der Waals surface area contributed by atoms with E-state index in [1.54, 1.807) is 6.07 Å². The molecule has 0 saturated carbocycles. The van der Waals surface area contributed by atoms with Gasteiger partial charge in [-0.25, -0.2) is 4.39 Å². The van der Waals surface area contributed by atoms with Crippen LogP contribution >= 0.6 is 15.9 Å². The monoisotopic (exact) mass is 356 g/mol. The van der Waals surface area contributed by atoms with E-state index < -0.39 is 0 Å². The van der Waals surface area contributed by atoms with Gasteiger partial charge in [-0.1, -0.05) is 13.8 Å². The van der Waals surface area contributed by atoms with Crippen LogP contribution in [0.3, 0.4) is 0 Å². The highest BCUT2D eigenvalue weighted by molar-refractivity contribution is 9.10. The molecule has 3 nitrogen and oxygen atoms in total. The molecule has 2 rings (SSSR count). The van der Waals surface area contributed by atoms with Gasteiger partial charge in [-0.05, 0) is 53.0 Å². The highest BCUT2D eigenvalue weighted by Crippen LogP contribution is 2.20. The molecule has 0 spiro atoms. The molecule has 116 valence electrons. The SMILES string of the molecule is CC(C)CCN1CCN(C(=O)c2ccc(F)cc2Br)CC1. The van der Waals surface area contributed by atoms with Gasteiger partial charge in [0.15, 0.2) is 0 Å². The van der Waals surface area contributed by atoms with E-state index in [-0.39, 0.29) is 11.7 Å². The molecule has 1 fully saturated rings. The quantitative estimate of drug-likeness (QED) is 0.825. The maximum atomic E-state index is 13.1. The molecule has 0 aliphatic carbocycles. The van der Waals surface area contributed by atoms with Gasteiger partial charge in [-0.2, -0.15) is 0 Å². The lowest BCUT2D eigenvalue weighted by molar-refractivity contribution is 0.0631. The maximum Gasteiger partial charge on any atom is 0.255 e. The topological polar surface area (TPSA) is 23.6 Å². The molecule has 21 heavy (non-hydrogen) atoms. The first-order chi connectivity index (χ1) is 9.97. The zero-order valence-corrected chi connectivity index (χ0v) is 14.2. The molecule has 1 aliphatic heterocycles. The Kier molecular flexibility index (Phi) is 5.76. The van der Waals surface area contributed by atoms with E-state index in [4.69, 9.17) is 0 Å². The van der Waals surface area contributed by atoms with Crippen molar-refractivity contribution in [2.75, 3.05) is 32.7 Å². The van der Waals surface area contributed by atoms with E-state index in [9.17, 15) is 9.18 Å². The van der Waals surface area contributed by atoms with Gasteiger partial charge in [0.05, 0.1) is 5.56 Å². The van der Waals surface area contributed by atoms with Crippen molar-refractivity contribution in [3.05, 3.63) is 34.1 Å². The standard InChI is InChI=1S/C16H22BrFN2O/c1-12(2)5-6-19-7-9-20(10-8-19)16(21)14-4-3-13(18)11-15(14)17/h3-4,11-12H,5-10H2,1-2H3. The Morgan fingerprint density at radius 2 is 1.95 bits per heavy atom. The van der Waals surface area contributed by atoms with Crippen molar-refractivity contribution in [3.63, 3.8) is 0 Å². The van der Waals surface area contributed by atoms with Crippen LogP contribution in [0.15, 0.2) is 22.7 Å². The first-order valence-electron chi connectivity index (χ1n) is 7.44. The molecule has 1 saturated heterocycles. The van der Waals surface area contributed by atoms with E-state index in [0.717, 1.165) is 32.7 Å². The molecule has 0 aromatic heterocycles. The summed E-state index contributed by atoms with van der Waals surface area (Å²) in [6.07, 6.45) is 1.19. The van der Waals surface area contributed by atoms with Crippen molar-refractivity contribution in [3.8, 4) is 0 Å². The molecule has 1 heterocycles. The van der Waals surface area contributed by atoms with E-state index in [1.807, 2.05) is 4.90 Å². The molecule has 0 unspecified atom stereocenters. The average Bonchev–Trinajstić information content (AvgIpc) is 2.45. The second kappa shape index (κ2) is 7.36. The zero-order chi connectivity index (χ0) is 15.4. The van der Waals surface area contributed by atoms with Crippen molar-refractivity contribution >= 4 is 21.8 Å². The van der Waals surface area contributed by atoms with Crippen LogP contribution in [-0.2, 0) is 0 Å². The lowest BCUT2D eigenvalue weighted by atomic mass is 10.1. The molecule has 1 aromatic rings. The van der Waals surface area contributed by atoms with Gasteiger partial charge >= 0.3 is 0 Å². The molecule has 1 aromatic carbocycles. The third-order valence-electron chi connectivity index (χ3n) is 3.84. The largest absolute Gasteiger partial charge is 0.336 e. The third kappa shape index (κ3) is 4.51. The zero-order valence-electron chi connectivity index (χ0n) is 12.6. The summed E-state index contributed by atoms with van der Waals surface area (Å²) in [6.45, 7) is 8.85. The van der Waals surface area contributed by atoms with Gasteiger partial charge in [-0.15, -0.1) is 0 Å². The van der Waals surface area contributed by atoms with Crippen LogP contribution in [-0.4, -0.2) is 48.4 Å². The predicted molar refractivity (Wildman–Crippen MR) is 85.9 cm³/mol. The minimum atomic E-state index is -0.336. The smallest absolute Gasteiger partial charge is 0.255 e. The molecule has 1 aliphatic rings. The van der Waals surface area contributed by atoms with Gasteiger partial charge in [0, 0.05) is 30.7 Å². The molecule has 0 atom stereocenters. The van der Waals surface area contributed by atoms with Crippen molar-refractivity contribution in [2.24, 2.45) is 5.92 Å². The van der Waals surface area contributed by atoms with Crippen LogP contribution < -0.4 is 0 Å². The van der Waals surface area contributed by atoms with Crippen molar-refractivity contribution in [1.82, 2.24) is 9.80 Å². The second-order valence-corrected chi connectivity index (χ2v) is 6.79. The van der Waals surface area contributed by atoms with E-state index in [1.165, 1.54) is 18.6 Å². The molecular formula is C16H22BrFN2O. The summed E-state index contributed by atoms with van der Waals surface area (Å²) >= 11 is 3.27. The first kappa shape index (κ1) is 16.4. The van der Waals surface area contributed by atoms with Gasteiger partial charge in [0.2, 0.25) is 0 Å². The fourth-order valence-corrected chi connectivity index (χ4v) is 2.97. The van der Waals surface area contributed by atoms with Crippen LogP contribution in [0.25, 0.3) is 0 Å². The third-order valence-corrected chi connectivity index (χ3v) is 4.50. The number of nitrogens with zero attached hydrogens (tertiary/aromatic N) is 2. The molecule has 0 N–H and O–H groups in total. The summed E-state index contributed by atoms with van der Waals surface area (Å²) in [6, 6.07) is 4.22. The van der Waals surface area contributed by atoms with Crippen LogP contribution in [0.2, 0.25) is 0 Å². The fourth-order valence-electron chi connectivity index (χ4n) is 2.45. The highest BCUT2D eigenvalue weighted by Gasteiger charge is 2.23. The van der Waals surface area contributed by atoms with Crippen LogP contribution in [0, 0.1) is 11.7 Å². The Morgan fingerprint density at radius 3 is 2.52 bits per heavy atom. The number of carbonyl (C=O) groups is 1. The lowest BCUT2D eigenvalue weighted by Crippen LogP contribution is -2.49. The van der Waals surface area contributed by atoms with Crippen molar-refractivity contribution in [2.45, 2.75) is 20.3 Å². The van der Waals surface area contributed by atoms with Crippen LogP contribution in [0.4, 0.5) is 4.39 Å². The number of benzene rings is 1. The first-order valence-corrected chi connectivity index (χ1v) is 8.23. The summed E-state index contributed by atoms with van der Waals surface area (Å²) in [7, 11) is 0. The van der Waals surface area contributed by atoms with Gasteiger partial charge < -0.3 is 4.90 Å². The highest BCUT2D eigenvalue weighted by atomic mass is 79.9. The number of halogens is 2. The molecule has 0 radical (unpaired) electrons. The second-order valence-electron chi connectivity index (χ2n) is 5.94. The van der Waals surface area contributed by atoms with E-state index in [2.05, 4.69) is 34.7 Å². The summed E-state index contributed by atoms with van der Waals surface area (Å²) in [5, 5.41) is 0. The average molecular weight is 357 g/mol. The minimum absolute atomic E-state index is 0.0228. The van der Waals surface area contributed by atoms with Crippen molar-refractivity contribution < 1.29 is 9.18 Å². The molecular weight excluding hydrogens is 335 g/mol. The Morgan fingerprint density at radius 1 is 1.29 bits per heavy atom. The lowest BCUT2D eigenvalue weighted by Gasteiger charge is -2.35.